The molecule has 1 unspecified atom stereocenters. The molecule has 1 aromatic carbocycles. The summed E-state index contributed by atoms with van der Waals surface area (Å²) < 4.78 is 5.80. The first-order valence-corrected chi connectivity index (χ1v) is 13.6. The molecule has 0 saturated heterocycles. The van der Waals surface area contributed by atoms with Gasteiger partial charge in [-0.3, -0.25) is 14.5 Å². The molecule has 1 aliphatic carbocycles. The second-order valence-corrected chi connectivity index (χ2v) is 10.9. The fraction of sp³-hybridized carbons (Fsp3) is 0.357. The maximum Gasteiger partial charge on any atom is 0.331 e. The first-order chi connectivity index (χ1) is 18.2. The number of urea groups is 1. The predicted molar refractivity (Wildman–Crippen MR) is 150 cm³/mol. The van der Waals surface area contributed by atoms with E-state index in [-0.39, 0.29) is 36.0 Å². The Morgan fingerprint density at radius 3 is 2.68 bits per heavy atom. The van der Waals surface area contributed by atoms with E-state index >= 15 is 0 Å². The Labute approximate surface area is 225 Å². The van der Waals surface area contributed by atoms with Crippen LogP contribution < -0.4 is 25.6 Å². The second-order valence-electron chi connectivity index (χ2n) is 9.94. The number of carbonyl (C=O) groups is 3. The van der Waals surface area contributed by atoms with Crippen molar-refractivity contribution in [3.63, 3.8) is 0 Å². The number of hydrogen-bond donors (Lipinski definition) is 3. The number of thiophene rings is 1. The predicted octanol–water partition coefficient (Wildman–Crippen LogP) is 5.42. The van der Waals surface area contributed by atoms with Crippen LogP contribution in [0.25, 0.3) is 10.2 Å². The molecule has 2 aromatic heterocycles. The summed E-state index contributed by atoms with van der Waals surface area (Å²) in [4.78, 5) is 45.8. The number of ether oxygens (including phenoxy) is 1. The first kappa shape index (κ1) is 25.7. The molecule has 2 atom stereocenters. The van der Waals surface area contributed by atoms with Crippen molar-refractivity contribution in [2.24, 2.45) is 0 Å². The summed E-state index contributed by atoms with van der Waals surface area (Å²) in [5.41, 5.74) is 2.77. The molecule has 1 saturated carbocycles. The summed E-state index contributed by atoms with van der Waals surface area (Å²) in [6, 6.07) is 6.99. The molecule has 4 amide bonds. The molecule has 198 valence electrons. The number of nitrogens with one attached hydrogen (secondary N) is 3. The highest BCUT2D eigenvalue weighted by Gasteiger charge is 2.34. The molecular weight excluding hydrogens is 502 g/mol. The molecule has 10 heteroatoms. The number of pyridine rings is 1. The van der Waals surface area contributed by atoms with Crippen molar-refractivity contribution in [1.82, 2.24) is 15.6 Å². The van der Waals surface area contributed by atoms with E-state index in [1.165, 1.54) is 17.4 Å². The molecular formula is C28H31N5O4S. The van der Waals surface area contributed by atoms with E-state index in [2.05, 4.69) is 27.5 Å². The van der Waals surface area contributed by atoms with E-state index in [1.54, 1.807) is 17.2 Å². The van der Waals surface area contributed by atoms with E-state index in [4.69, 9.17) is 4.74 Å². The van der Waals surface area contributed by atoms with Gasteiger partial charge >= 0.3 is 6.03 Å². The van der Waals surface area contributed by atoms with Gasteiger partial charge in [-0.2, -0.15) is 0 Å². The van der Waals surface area contributed by atoms with Gasteiger partial charge < -0.3 is 20.7 Å². The lowest BCUT2D eigenvalue weighted by atomic mass is 9.91. The van der Waals surface area contributed by atoms with Crippen LogP contribution in [-0.2, 0) is 4.79 Å². The van der Waals surface area contributed by atoms with Gasteiger partial charge in [-0.1, -0.05) is 6.58 Å². The molecule has 9 nitrogen and oxygen atoms in total. The van der Waals surface area contributed by atoms with Crippen molar-refractivity contribution >= 4 is 56.5 Å². The van der Waals surface area contributed by atoms with E-state index < -0.39 is 0 Å². The number of anilines is 3. The zero-order chi connectivity index (χ0) is 27.0. The van der Waals surface area contributed by atoms with Gasteiger partial charge in [0.25, 0.3) is 5.91 Å². The third kappa shape index (κ3) is 4.96. The van der Waals surface area contributed by atoms with E-state index in [1.807, 2.05) is 39.0 Å². The summed E-state index contributed by atoms with van der Waals surface area (Å²) in [6.07, 6.45) is 6.19. The molecule has 3 N–H and O–H groups in total. The van der Waals surface area contributed by atoms with Gasteiger partial charge in [0.15, 0.2) is 0 Å². The summed E-state index contributed by atoms with van der Waals surface area (Å²) in [5.74, 6) is 0.275. The summed E-state index contributed by atoms with van der Waals surface area (Å²) in [7, 11) is 0. The van der Waals surface area contributed by atoms with Crippen LogP contribution in [0.3, 0.4) is 0 Å². The number of aromatic nitrogens is 1. The van der Waals surface area contributed by atoms with Crippen LogP contribution in [-0.4, -0.2) is 41.0 Å². The van der Waals surface area contributed by atoms with Crippen LogP contribution in [0, 0.1) is 6.92 Å². The highest BCUT2D eigenvalue weighted by Crippen LogP contribution is 2.46. The minimum Gasteiger partial charge on any atom is -0.491 e. The Morgan fingerprint density at radius 2 is 1.97 bits per heavy atom. The lowest BCUT2D eigenvalue weighted by Gasteiger charge is -2.31. The molecule has 5 rings (SSSR count). The lowest BCUT2D eigenvalue weighted by Crippen LogP contribution is -2.45. The Hall–Kier alpha value is -3.92. The standard InChI is InChI=1S/C28H31N5O4S/c1-5-22(34)30-17-7-6-8-18(14-17)31-26(35)25-24-23-21(11-12-29-27(23)38-25)33(28(36)32-24)20-10-9-19(13-16(20)4)37-15(2)3/h5,9-13,15,17-18H,1,6-8,14H2,2-4H3,(H,30,34)(H,31,35)(H,32,36)/t17-,18?/m1/s1. The average Bonchev–Trinajstić information content (AvgIpc) is 3.24. The largest absolute Gasteiger partial charge is 0.491 e. The van der Waals surface area contributed by atoms with Crippen LogP contribution in [0.5, 0.6) is 5.75 Å². The topological polar surface area (TPSA) is 113 Å². The van der Waals surface area contributed by atoms with Crippen LogP contribution in [0.15, 0.2) is 43.1 Å². The van der Waals surface area contributed by atoms with Crippen LogP contribution in [0.4, 0.5) is 21.9 Å². The highest BCUT2D eigenvalue weighted by atomic mass is 32.1. The van der Waals surface area contributed by atoms with E-state index in [9.17, 15) is 14.4 Å². The molecule has 0 bridgehead atoms. The van der Waals surface area contributed by atoms with Crippen molar-refractivity contribution < 1.29 is 19.1 Å². The number of nitrogens with zero attached hydrogens (tertiary/aromatic N) is 2. The Morgan fingerprint density at radius 1 is 1.21 bits per heavy atom. The fourth-order valence-electron chi connectivity index (χ4n) is 5.17. The van der Waals surface area contributed by atoms with Crippen molar-refractivity contribution in [3.8, 4) is 5.75 Å². The minimum absolute atomic E-state index is 0.0117. The Bertz CT molecular complexity index is 1430. The number of amides is 4. The molecule has 3 heterocycles. The summed E-state index contributed by atoms with van der Waals surface area (Å²) >= 11 is 1.26. The zero-order valence-corrected chi connectivity index (χ0v) is 22.5. The fourth-order valence-corrected chi connectivity index (χ4v) is 6.19. The van der Waals surface area contributed by atoms with Gasteiger partial charge in [0.05, 0.1) is 28.6 Å². The van der Waals surface area contributed by atoms with Crippen LogP contribution in [0.2, 0.25) is 0 Å². The molecule has 38 heavy (non-hydrogen) atoms. The number of hydrogen-bond acceptors (Lipinski definition) is 6. The zero-order valence-electron chi connectivity index (χ0n) is 21.7. The molecule has 0 spiro atoms. The number of rotatable bonds is 7. The maximum absolute atomic E-state index is 13.4. The molecule has 2 aliphatic rings. The van der Waals surface area contributed by atoms with Crippen LogP contribution >= 0.6 is 11.3 Å². The van der Waals surface area contributed by atoms with Gasteiger partial charge in [0, 0.05) is 18.3 Å². The van der Waals surface area contributed by atoms with Gasteiger partial charge in [-0.25, -0.2) is 9.78 Å². The van der Waals surface area contributed by atoms with Gasteiger partial charge in [0.2, 0.25) is 5.91 Å². The Kier molecular flexibility index (Phi) is 7.07. The molecule has 3 aromatic rings. The lowest BCUT2D eigenvalue weighted by molar-refractivity contribution is -0.117. The normalized spacial score (nSPS) is 18.7. The monoisotopic (exact) mass is 533 g/mol. The van der Waals surface area contributed by atoms with Crippen molar-refractivity contribution in [2.45, 2.75) is 64.6 Å². The molecule has 1 fully saturated rings. The summed E-state index contributed by atoms with van der Waals surface area (Å²) in [5, 5.41) is 9.73. The summed E-state index contributed by atoms with van der Waals surface area (Å²) in [6.45, 7) is 9.37. The van der Waals surface area contributed by atoms with Crippen molar-refractivity contribution in [1.29, 1.82) is 0 Å². The average molecular weight is 534 g/mol. The van der Waals surface area contributed by atoms with E-state index in [0.717, 1.165) is 41.6 Å². The van der Waals surface area contributed by atoms with Crippen LogP contribution in [0.1, 0.15) is 54.8 Å². The van der Waals surface area contributed by atoms with Gasteiger partial charge in [-0.15, -0.1) is 11.3 Å². The molecule has 1 aliphatic heterocycles. The third-order valence-electron chi connectivity index (χ3n) is 6.77. The molecule has 0 radical (unpaired) electrons. The van der Waals surface area contributed by atoms with Gasteiger partial charge in [0.1, 0.15) is 15.5 Å². The highest BCUT2D eigenvalue weighted by molar-refractivity contribution is 7.21. The first-order valence-electron chi connectivity index (χ1n) is 12.8. The smallest absolute Gasteiger partial charge is 0.331 e. The Balaban J connectivity index is 1.43. The number of carbonyl (C=O) groups excluding carboxylic acids is 3. The number of aryl methyl sites for hydroxylation is 1. The van der Waals surface area contributed by atoms with E-state index in [0.29, 0.717) is 27.5 Å². The van der Waals surface area contributed by atoms with Gasteiger partial charge in [-0.05, 0) is 82.4 Å². The van der Waals surface area contributed by atoms with Crippen molar-refractivity contribution in [2.75, 3.05) is 10.2 Å². The quantitative estimate of drug-likeness (QED) is 0.351. The maximum atomic E-state index is 13.4. The third-order valence-corrected chi connectivity index (χ3v) is 7.87. The van der Waals surface area contributed by atoms with Crippen molar-refractivity contribution in [3.05, 3.63) is 53.6 Å². The number of benzene rings is 1. The second kappa shape index (κ2) is 10.4. The minimum atomic E-state index is -0.344. The SMILES string of the molecule is C=CC(=O)N[C@@H]1CCCC(NC(=O)c2sc3nccc4c3c2NC(=O)N4c2ccc(OC(C)C)cc2C)C1.